The van der Waals surface area contributed by atoms with Gasteiger partial charge in [-0.1, -0.05) is 34.1 Å². The minimum absolute atomic E-state index is 0.577. The molecule has 0 aliphatic heterocycles. The number of hydrogen-bond acceptors (Lipinski definition) is 3. The predicted molar refractivity (Wildman–Crippen MR) is 86.2 cm³/mol. The topological polar surface area (TPSA) is 55.9 Å². The lowest BCUT2D eigenvalue weighted by atomic mass is 10.3. The Bertz CT molecular complexity index is 736. The Balaban J connectivity index is 2.04. The quantitative estimate of drug-likeness (QED) is 0.769. The van der Waals surface area contributed by atoms with Crippen LogP contribution in [0.2, 0.25) is 0 Å². The summed E-state index contributed by atoms with van der Waals surface area (Å²) in [6.07, 6.45) is 0. The normalized spacial score (nSPS) is 10.9. The third kappa shape index (κ3) is 2.55. The maximum absolute atomic E-state index is 5.71. The third-order valence-electron chi connectivity index (χ3n) is 3.09. The fourth-order valence-corrected chi connectivity index (χ4v) is 2.62. The minimum atomic E-state index is 0.577. The molecular formula is C15H15BrN4. The Morgan fingerprint density at radius 1 is 1.15 bits per heavy atom. The van der Waals surface area contributed by atoms with E-state index in [0.717, 1.165) is 33.7 Å². The van der Waals surface area contributed by atoms with Gasteiger partial charge in [0.05, 0.1) is 11.0 Å². The first-order chi connectivity index (χ1) is 9.78. The maximum atomic E-state index is 5.71. The van der Waals surface area contributed by atoms with Gasteiger partial charge in [0.1, 0.15) is 0 Å². The molecular weight excluding hydrogens is 316 g/mol. The summed E-state index contributed by atoms with van der Waals surface area (Å²) >= 11 is 3.47. The van der Waals surface area contributed by atoms with Gasteiger partial charge in [0.15, 0.2) is 0 Å². The van der Waals surface area contributed by atoms with E-state index in [-0.39, 0.29) is 0 Å². The second-order valence-corrected chi connectivity index (χ2v) is 5.42. The molecule has 3 N–H and O–H groups in total. The van der Waals surface area contributed by atoms with Gasteiger partial charge in [-0.3, -0.25) is 0 Å². The van der Waals surface area contributed by atoms with Crippen molar-refractivity contribution < 1.29 is 0 Å². The molecule has 0 unspecified atom stereocenters. The Labute approximate surface area is 125 Å². The number of para-hydroxylation sites is 2. The van der Waals surface area contributed by atoms with E-state index in [9.17, 15) is 0 Å². The van der Waals surface area contributed by atoms with Crippen molar-refractivity contribution in [3.8, 4) is 0 Å². The van der Waals surface area contributed by atoms with E-state index in [1.807, 2.05) is 42.5 Å². The number of imidazole rings is 1. The fraction of sp³-hybridized carbons (Fsp3) is 0.133. The van der Waals surface area contributed by atoms with Crippen LogP contribution in [0.5, 0.6) is 0 Å². The third-order valence-corrected chi connectivity index (χ3v) is 3.58. The van der Waals surface area contributed by atoms with Crippen molar-refractivity contribution in [3.05, 3.63) is 53.0 Å². The second-order valence-electron chi connectivity index (χ2n) is 4.50. The Morgan fingerprint density at radius 2 is 2.00 bits per heavy atom. The molecule has 0 amide bonds. The van der Waals surface area contributed by atoms with Crippen LogP contribution >= 0.6 is 15.9 Å². The lowest BCUT2D eigenvalue weighted by Gasteiger charge is -2.09. The van der Waals surface area contributed by atoms with Crippen LogP contribution in [0.3, 0.4) is 0 Å². The summed E-state index contributed by atoms with van der Waals surface area (Å²) in [5.74, 6) is 0.815. The van der Waals surface area contributed by atoms with E-state index in [1.54, 1.807) is 0 Å². The zero-order valence-corrected chi connectivity index (χ0v) is 12.5. The van der Waals surface area contributed by atoms with Crippen LogP contribution in [0.15, 0.2) is 53.0 Å². The zero-order chi connectivity index (χ0) is 13.9. The molecule has 20 heavy (non-hydrogen) atoms. The van der Waals surface area contributed by atoms with Crippen molar-refractivity contribution in [1.29, 1.82) is 0 Å². The van der Waals surface area contributed by atoms with Crippen LogP contribution < -0.4 is 11.1 Å². The van der Waals surface area contributed by atoms with Crippen LogP contribution in [-0.2, 0) is 6.54 Å². The van der Waals surface area contributed by atoms with E-state index in [0.29, 0.717) is 6.54 Å². The monoisotopic (exact) mass is 330 g/mol. The van der Waals surface area contributed by atoms with Crippen molar-refractivity contribution >= 4 is 38.6 Å². The summed E-state index contributed by atoms with van der Waals surface area (Å²) in [4.78, 5) is 4.64. The Kier molecular flexibility index (Phi) is 3.71. The van der Waals surface area contributed by atoms with Gasteiger partial charge in [0.25, 0.3) is 0 Å². The number of anilines is 2. The van der Waals surface area contributed by atoms with E-state index in [2.05, 4.69) is 36.9 Å². The van der Waals surface area contributed by atoms with Gasteiger partial charge in [-0.15, -0.1) is 0 Å². The van der Waals surface area contributed by atoms with E-state index in [4.69, 9.17) is 5.73 Å². The number of nitrogens with one attached hydrogen (secondary N) is 1. The van der Waals surface area contributed by atoms with Gasteiger partial charge in [0, 0.05) is 23.2 Å². The van der Waals surface area contributed by atoms with E-state index in [1.165, 1.54) is 0 Å². The molecule has 0 aliphatic rings. The lowest BCUT2D eigenvalue weighted by molar-refractivity contribution is 0.736. The van der Waals surface area contributed by atoms with E-state index >= 15 is 0 Å². The molecule has 3 rings (SSSR count). The highest BCUT2D eigenvalue weighted by Gasteiger charge is 2.09. The summed E-state index contributed by atoms with van der Waals surface area (Å²) < 4.78 is 3.14. The molecule has 0 fully saturated rings. The van der Waals surface area contributed by atoms with Crippen molar-refractivity contribution in [1.82, 2.24) is 9.55 Å². The van der Waals surface area contributed by atoms with Gasteiger partial charge in [-0.25, -0.2) is 4.98 Å². The number of halogens is 1. The van der Waals surface area contributed by atoms with Gasteiger partial charge in [-0.05, 0) is 30.3 Å². The molecule has 1 aromatic heterocycles. The summed E-state index contributed by atoms with van der Waals surface area (Å²) in [5, 5.41) is 3.35. The molecule has 5 heteroatoms. The molecule has 0 spiro atoms. The van der Waals surface area contributed by atoms with Gasteiger partial charge in [-0.2, -0.15) is 0 Å². The number of hydrogen-bond donors (Lipinski definition) is 2. The standard InChI is InChI=1S/C15H15BrN4/c16-11-4-3-5-12(10-11)18-15-19-13-6-1-2-7-14(13)20(15)9-8-17/h1-7,10H,8-9,17H2,(H,18,19). The minimum Gasteiger partial charge on any atom is -0.329 e. The van der Waals surface area contributed by atoms with Crippen molar-refractivity contribution in [2.75, 3.05) is 11.9 Å². The first kappa shape index (κ1) is 13.1. The maximum Gasteiger partial charge on any atom is 0.208 e. The molecule has 3 aromatic rings. The molecule has 0 saturated heterocycles. The van der Waals surface area contributed by atoms with Gasteiger partial charge in [0.2, 0.25) is 5.95 Å². The van der Waals surface area contributed by atoms with Crippen molar-refractivity contribution in [2.24, 2.45) is 5.73 Å². The fourth-order valence-electron chi connectivity index (χ4n) is 2.22. The molecule has 4 nitrogen and oxygen atoms in total. The molecule has 102 valence electrons. The number of fused-ring (bicyclic) bond motifs is 1. The van der Waals surface area contributed by atoms with Crippen molar-refractivity contribution in [3.63, 3.8) is 0 Å². The largest absolute Gasteiger partial charge is 0.329 e. The number of rotatable bonds is 4. The van der Waals surface area contributed by atoms with Crippen LogP contribution in [0, 0.1) is 0 Å². The van der Waals surface area contributed by atoms with Crippen LogP contribution in [0.25, 0.3) is 11.0 Å². The SMILES string of the molecule is NCCn1c(Nc2cccc(Br)c2)nc2ccccc21. The zero-order valence-electron chi connectivity index (χ0n) is 10.9. The summed E-state index contributed by atoms with van der Waals surface area (Å²) in [6, 6.07) is 16.1. The smallest absolute Gasteiger partial charge is 0.208 e. The number of nitrogens with zero attached hydrogens (tertiary/aromatic N) is 2. The summed E-state index contributed by atoms with van der Waals surface area (Å²) in [7, 11) is 0. The lowest BCUT2D eigenvalue weighted by Crippen LogP contribution is -2.12. The first-order valence-electron chi connectivity index (χ1n) is 6.46. The van der Waals surface area contributed by atoms with Gasteiger partial charge >= 0.3 is 0 Å². The average Bonchev–Trinajstić information content (AvgIpc) is 2.77. The molecule has 0 saturated carbocycles. The van der Waals surface area contributed by atoms with Crippen LogP contribution in [0.4, 0.5) is 11.6 Å². The second kappa shape index (κ2) is 5.64. The summed E-state index contributed by atoms with van der Waals surface area (Å²) in [5.41, 5.74) is 8.77. The predicted octanol–water partition coefficient (Wildman–Crippen LogP) is 3.50. The van der Waals surface area contributed by atoms with Gasteiger partial charge < -0.3 is 15.6 Å². The highest BCUT2D eigenvalue weighted by molar-refractivity contribution is 9.10. The van der Waals surface area contributed by atoms with E-state index < -0.39 is 0 Å². The number of nitrogens with two attached hydrogens (primary N) is 1. The average molecular weight is 331 g/mol. The molecule has 0 atom stereocenters. The highest BCUT2D eigenvalue weighted by atomic mass is 79.9. The van der Waals surface area contributed by atoms with Crippen molar-refractivity contribution in [2.45, 2.75) is 6.54 Å². The molecule has 2 aromatic carbocycles. The molecule has 0 radical (unpaired) electrons. The Morgan fingerprint density at radius 3 is 2.80 bits per heavy atom. The highest BCUT2D eigenvalue weighted by Crippen LogP contribution is 2.24. The number of aromatic nitrogens is 2. The first-order valence-corrected chi connectivity index (χ1v) is 7.25. The summed E-state index contributed by atoms with van der Waals surface area (Å²) in [6.45, 7) is 1.31. The molecule has 0 aliphatic carbocycles. The van der Waals surface area contributed by atoms with Crippen LogP contribution in [-0.4, -0.2) is 16.1 Å². The molecule has 1 heterocycles. The molecule has 0 bridgehead atoms. The van der Waals surface area contributed by atoms with Crippen LogP contribution in [0.1, 0.15) is 0 Å². The Hall–Kier alpha value is -1.85. The number of benzene rings is 2.